The van der Waals surface area contributed by atoms with E-state index in [1.54, 1.807) is 45.2 Å². The molecule has 0 spiro atoms. The molecule has 2 N–H and O–H groups in total. The summed E-state index contributed by atoms with van der Waals surface area (Å²) >= 11 is 6.12. The van der Waals surface area contributed by atoms with Crippen LogP contribution in [-0.4, -0.2) is 26.4 Å². The minimum atomic E-state index is -1.29. The van der Waals surface area contributed by atoms with Gasteiger partial charge in [0.15, 0.2) is 0 Å². The van der Waals surface area contributed by atoms with Gasteiger partial charge in [-0.15, -0.1) is 0 Å². The van der Waals surface area contributed by atoms with Gasteiger partial charge in [-0.25, -0.2) is 4.68 Å². The maximum atomic E-state index is 11.3. The van der Waals surface area contributed by atoms with E-state index in [2.05, 4.69) is 10.4 Å². The average molecular weight is 339 g/mol. The molecule has 1 unspecified atom stereocenters. The molecular formula is C15H19ClN4O3. The normalized spacial score (nSPS) is 13.6. The Kier molecular flexibility index (Phi) is 4.91. The summed E-state index contributed by atoms with van der Waals surface area (Å²) in [4.78, 5) is 10.8. The first-order chi connectivity index (χ1) is 10.8. The Balaban J connectivity index is 2.29. The highest BCUT2D eigenvalue weighted by Crippen LogP contribution is 2.31. The number of halogens is 1. The van der Waals surface area contributed by atoms with Crippen molar-refractivity contribution < 1.29 is 10.0 Å². The summed E-state index contributed by atoms with van der Waals surface area (Å²) in [5.74, 6) is 0.263. The van der Waals surface area contributed by atoms with Crippen LogP contribution in [0.5, 0.6) is 0 Å². The highest BCUT2D eigenvalue weighted by molar-refractivity contribution is 6.31. The molecule has 0 aliphatic carbocycles. The van der Waals surface area contributed by atoms with Gasteiger partial charge in [-0.1, -0.05) is 36.7 Å². The molecule has 2 rings (SSSR count). The van der Waals surface area contributed by atoms with Crippen LogP contribution in [0.3, 0.4) is 0 Å². The molecule has 0 bridgehead atoms. The first kappa shape index (κ1) is 17.2. The summed E-state index contributed by atoms with van der Waals surface area (Å²) in [6, 6.07) is 6.96. The Morgan fingerprint density at radius 2 is 2.13 bits per heavy atom. The second-order valence-electron chi connectivity index (χ2n) is 5.49. The zero-order chi connectivity index (χ0) is 17.2. The van der Waals surface area contributed by atoms with E-state index >= 15 is 0 Å². The molecule has 0 saturated carbocycles. The number of anilines is 1. The summed E-state index contributed by atoms with van der Waals surface area (Å²) in [6.07, 6.45) is 0.451. The molecule has 0 saturated heterocycles. The minimum Gasteiger partial charge on any atom is -0.384 e. The van der Waals surface area contributed by atoms with Gasteiger partial charge in [-0.05, 0) is 19.4 Å². The predicted molar refractivity (Wildman–Crippen MR) is 88.8 cm³/mol. The van der Waals surface area contributed by atoms with Gasteiger partial charge < -0.3 is 10.4 Å². The predicted octanol–water partition coefficient (Wildman–Crippen LogP) is 2.86. The third-order valence-electron chi connectivity index (χ3n) is 3.66. The van der Waals surface area contributed by atoms with Crippen LogP contribution in [0.2, 0.25) is 5.02 Å². The first-order valence-electron chi connectivity index (χ1n) is 7.19. The maximum absolute atomic E-state index is 11.3. The van der Waals surface area contributed by atoms with E-state index in [9.17, 15) is 15.2 Å². The number of aliphatic hydroxyl groups is 1. The van der Waals surface area contributed by atoms with Crippen molar-refractivity contribution >= 4 is 23.1 Å². The third-order valence-corrected chi connectivity index (χ3v) is 3.99. The number of rotatable bonds is 6. The highest BCUT2D eigenvalue weighted by Gasteiger charge is 2.30. The number of nitro groups is 1. The number of benzene rings is 1. The molecule has 0 amide bonds. The summed E-state index contributed by atoms with van der Waals surface area (Å²) in [6.45, 7) is 3.46. The summed E-state index contributed by atoms with van der Waals surface area (Å²) in [5.41, 5.74) is -0.403. The summed E-state index contributed by atoms with van der Waals surface area (Å²) in [7, 11) is 1.62. The number of hydrogen-bond acceptors (Lipinski definition) is 5. The number of aromatic nitrogens is 2. The molecule has 0 radical (unpaired) electrons. The molecule has 2 aromatic rings. The molecule has 7 nitrogen and oxygen atoms in total. The molecule has 1 aromatic carbocycles. The SMILES string of the molecule is CCc1nn(C)c(NCC(C)(O)c2ccccc2Cl)c1[N+](=O)[O-]. The fraction of sp³-hybridized carbons (Fsp3) is 0.400. The lowest BCUT2D eigenvalue weighted by Gasteiger charge is -2.25. The topological polar surface area (TPSA) is 93.2 Å². The molecule has 0 fully saturated rings. The number of nitrogens with zero attached hydrogens (tertiary/aromatic N) is 3. The van der Waals surface area contributed by atoms with Crippen LogP contribution in [-0.2, 0) is 19.1 Å². The molecule has 1 atom stereocenters. The van der Waals surface area contributed by atoms with Crippen LogP contribution < -0.4 is 5.32 Å². The molecule has 1 aromatic heterocycles. The van der Waals surface area contributed by atoms with Gasteiger partial charge in [0.1, 0.15) is 11.3 Å². The van der Waals surface area contributed by atoms with Gasteiger partial charge in [0.05, 0.1) is 4.92 Å². The molecule has 8 heteroatoms. The zero-order valence-electron chi connectivity index (χ0n) is 13.2. The van der Waals surface area contributed by atoms with Crippen molar-refractivity contribution in [2.75, 3.05) is 11.9 Å². The van der Waals surface area contributed by atoms with E-state index < -0.39 is 10.5 Å². The zero-order valence-corrected chi connectivity index (χ0v) is 14.0. The number of nitrogens with one attached hydrogen (secondary N) is 1. The second kappa shape index (κ2) is 6.55. The van der Waals surface area contributed by atoms with Crippen LogP contribution in [0.25, 0.3) is 0 Å². The van der Waals surface area contributed by atoms with Crippen LogP contribution in [0, 0.1) is 10.1 Å². The van der Waals surface area contributed by atoms with E-state index in [1.165, 1.54) is 4.68 Å². The number of aryl methyl sites for hydroxylation is 2. The van der Waals surface area contributed by atoms with Crippen LogP contribution in [0.15, 0.2) is 24.3 Å². The van der Waals surface area contributed by atoms with Crippen molar-refractivity contribution in [2.24, 2.45) is 7.05 Å². The fourth-order valence-electron chi connectivity index (χ4n) is 2.45. The average Bonchev–Trinajstić information content (AvgIpc) is 2.81. The standard InChI is InChI=1S/C15H19ClN4O3/c1-4-12-13(20(22)23)14(19(3)18-12)17-9-15(2,21)10-7-5-6-8-11(10)16/h5-8,17,21H,4,9H2,1-3H3. The van der Waals surface area contributed by atoms with E-state index in [1.807, 2.05) is 0 Å². The third kappa shape index (κ3) is 3.46. The monoisotopic (exact) mass is 338 g/mol. The lowest BCUT2D eigenvalue weighted by Crippen LogP contribution is -2.31. The van der Waals surface area contributed by atoms with Crippen molar-refractivity contribution in [3.63, 3.8) is 0 Å². The van der Waals surface area contributed by atoms with Crippen molar-refractivity contribution in [2.45, 2.75) is 25.9 Å². The highest BCUT2D eigenvalue weighted by atomic mass is 35.5. The molecule has 23 heavy (non-hydrogen) atoms. The Hall–Kier alpha value is -2.12. The second-order valence-corrected chi connectivity index (χ2v) is 5.89. The van der Waals surface area contributed by atoms with Crippen molar-refractivity contribution in [1.82, 2.24) is 9.78 Å². The van der Waals surface area contributed by atoms with Crippen molar-refractivity contribution in [3.8, 4) is 0 Å². The molecule has 124 valence electrons. The van der Waals surface area contributed by atoms with Gasteiger partial charge in [0.2, 0.25) is 5.82 Å². The number of hydrogen-bond donors (Lipinski definition) is 2. The Morgan fingerprint density at radius 3 is 2.70 bits per heavy atom. The van der Waals surface area contributed by atoms with Gasteiger partial charge in [0.25, 0.3) is 0 Å². The maximum Gasteiger partial charge on any atom is 0.333 e. The Bertz CT molecular complexity index is 728. The van der Waals surface area contributed by atoms with Crippen LogP contribution in [0.1, 0.15) is 25.1 Å². The van der Waals surface area contributed by atoms with Crippen molar-refractivity contribution in [1.29, 1.82) is 0 Å². The lowest BCUT2D eigenvalue weighted by atomic mass is 9.96. The van der Waals surface area contributed by atoms with Gasteiger partial charge in [-0.3, -0.25) is 10.1 Å². The van der Waals surface area contributed by atoms with Crippen molar-refractivity contribution in [3.05, 3.63) is 50.7 Å². The Morgan fingerprint density at radius 1 is 1.48 bits per heavy atom. The molecular weight excluding hydrogens is 320 g/mol. The smallest absolute Gasteiger partial charge is 0.333 e. The molecule has 0 aliphatic rings. The Labute approximate surface area is 139 Å². The largest absolute Gasteiger partial charge is 0.384 e. The van der Waals surface area contributed by atoms with Crippen LogP contribution >= 0.6 is 11.6 Å². The van der Waals surface area contributed by atoms with E-state index in [0.29, 0.717) is 22.7 Å². The van der Waals surface area contributed by atoms with E-state index in [-0.39, 0.29) is 18.1 Å². The summed E-state index contributed by atoms with van der Waals surface area (Å²) in [5, 5.41) is 29.5. The van der Waals surface area contributed by atoms with Gasteiger partial charge in [0, 0.05) is 24.2 Å². The summed E-state index contributed by atoms with van der Waals surface area (Å²) < 4.78 is 1.42. The van der Waals surface area contributed by atoms with E-state index in [0.717, 1.165) is 0 Å². The quantitative estimate of drug-likeness (QED) is 0.624. The van der Waals surface area contributed by atoms with Gasteiger partial charge in [-0.2, -0.15) is 5.10 Å². The molecule has 1 heterocycles. The fourth-order valence-corrected chi connectivity index (χ4v) is 2.78. The van der Waals surface area contributed by atoms with E-state index in [4.69, 9.17) is 11.6 Å². The minimum absolute atomic E-state index is 0.0558. The van der Waals surface area contributed by atoms with Crippen LogP contribution in [0.4, 0.5) is 11.5 Å². The molecule has 0 aliphatic heterocycles. The lowest BCUT2D eigenvalue weighted by molar-refractivity contribution is -0.384. The first-order valence-corrected chi connectivity index (χ1v) is 7.57. The van der Waals surface area contributed by atoms with Gasteiger partial charge >= 0.3 is 5.69 Å².